The minimum absolute atomic E-state index is 0.0424. The van der Waals surface area contributed by atoms with E-state index in [0.29, 0.717) is 0 Å². The number of aromatic amines is 2. The van der Waals surface area contributed by atoms with E-state index in [1.807, 2.05) is 4.98 Å². The molecule has 1 aromatic rings. The highest BCUT2D eigenvalue weighted by molar-refractivity contribution is 5.32. The van der Waals surface area contributed by atoms with Crippen molar-refractivity contribution < 1.29 is 14.9 Å². The molecule has 17 heavy (non-hydrogen) atoms. The van der Waals surface area contributed by atoms with Crippen molar-refractivity contribution in [2.75, 3.05) is 13.2 Å². The van der Waals surface area contributed by atoms with Gasteiger partial charge in [-0.25, -0.2) is 4.79 Å². The molecule has 92 valence electrons. The second-order valence-corrected chi connectivity index (χ2v) is 3.20. The molecule has 0 saturated carbocycles. The first-order valence-electron chi connectivity index (χ1n) is 4.77. The molecule has 0 aliphatic carbocycles. The quantitative estimate of drug-likeness (QED) is 0.441. The molecule has 0 saturated heterocycles. The van der Waals surface area contributed by atoms with Crippen LogP contribution in [0.1, 0.15) is 11.3 Å². The largest absolute Gasteiger partial charge is 0.394 e. The van der Waals surface area contributed by atoms with E-state index in [4.69, 9.17) is 21.4 Å². The molecular formula is C10H12N2O5. The number of aromatic nitrogens is 2. The summed E-state index contributed by atoms with van der Waals surface area (Å²) >= 11 is 0. The van der Waals surface area contributed by atoms with Crippen molar-refractivity contribution in [2.45, 2.75) is 12.7 Å². The van der Waals surface area contributed by atoms with E-state index in [1.165, 1.54) is 0 Å². The Morgan fingerprint density at radius 2 is 1.94 bits per heavy atom. The second-order valence-electron chi connectivity index (χ2n) is 3.20. The maximum Gasteiger partial charge on any atom is 0.326 e. The molecule has 0 aromatic carbocycles. The number of aliphatic hydroxyl groups is 2. The van der Waals surface area contributed by atoms with Crippen LogP contribution in [0.25, 0.3) is 0 Å². The average Bonchev–Trinajstić information content (AvgIpc) is 2.29. The van der Waals surface area contributed by atoms with Crippen LogP contribution in [0.2, 0.25) is 0 Å². The van der Waals surface area contributed by atoms with Gasteiger partial charge in [-0.05, 0) is 0 Å². The lowest BCUT2D eigenvalue weighted by molar-refractivity contribution is -0.0297. The topological polar surface area (TPSA) is 115 Å². The Balaban J connectivity index is 2.95. The number of ether oxygens (including phenoxy) is 1. The first-order valence-corrected chi connectivity index (χ1v) is 4.77. The van der Waals surface area contributed by atoms with Crippen LogP contribution < -0.4 is 11.2 Å². The van der Waals surface area contributed by atoms with E-state index in [2.05, 4.69) is 10.9 Å². The third-order valence-corrected chi connectivity index (χ3v) is 2.04. The lowest BCUT2D eigenvalue weighted by atomic mass is 10.2. The van der Waals surface area contributed by atoms with Crippen LogP contribution in [0.3, 0.4) is 0 Å². The molecule has 0 aliphatic rings. The SMILES string of the molecule is C#Cc1c(COC(CO)CO)[nH]c(=O)[nH]c1=O. The Labute approximate surface area is 96.1 Å². The van der Waals surface area contributed by atoms with Gasteiger partial charge < -0.3 is 19.9 Å². The van der Waals surface area contributed by atoms with E-state index < -0.39 is 17.4 Å². The van der Waals surface area contributed by atoms with Crippen LogP contribution >= 0.6 is 0 Å². The van der Waals surface area contributed by atoms with Gasteiger partial charge in [0.2, 0.25) is 0 Å². The van der Waals surface area contributed by atoms with Crippen LogP contribution in [0.4, 0.5) is 0 Å². The van der Waals surface area contributed by atoms with Gasteiger partial charge in [0.15, 0.2) is 0 Å². The normalized spacial score (nSPS) is 10.5. The molecule has 7 nitrogen and oxygen atoms in total. The van der Waals surface area contributed by atoms with Gasteiger partial charge in [0, 0.05) is 0 Å². The van der Waals surface area contributed by atoms with Crippen molar-refractivity contribution in [3.8, 4) is 12.3 Å². The number of nitrogens with one attached hydrogen (secondary N) is 2. The lowest BCUT2D eigenvalue weighted by Gasteiger charge is -2.12. The molecule has 1 rings (SSSR count). The van der Waals surface area contributed by atoms with Crippen molar-refractivity contribution >= 4 is 0 Å². The first kappa shape index (κ1) is 13.2. The Morgan fingerprint density at radius 3 is 2.47 bits per heavy atom. The number of hydrogen-bond acceptors (Lipinski definition) is 5. The smallest absolute Gasteiger partial charge is 0.326 e. The fourth-order valence-electron chi connectivity index (χ4n) is 1.16. The van der Waals surface area contributed by atoms with E-state index in [0.717, 1.165) is 0 Å². The Bertz CT molecular complexity index is 521. The van der Waals surface area contributed by atoms with Crippen molar-refractivity contribution in [1.82, 2.24) is 9.97 Å². The van der Waals surface area contributed by atoms with Gasteiger partial charge in [-0.1, -0.05) is 5.92 Å². The number of hydrogen-bond donors (Lipinski definition) is 4. The standard InChI is InChI=1S/C10H12N2O5/c1-2-7-8(5-17-6(3-13)4-14)11-10(16)12-9(7)15/h1,6,13-14H,3-5H2,(H2,11,12,15,16). The second kappa shape index (κ2) is 6.00. The summed E-state index contributed by atoms with van der Waals surface area (Å²) in [5, 5.41) is 17.5. The van der Waals surface area contributed by atoms with Crippen LogP contribution in [0, 0.1) is 12.3 Å². The van der Waals surface area contributed by atoms with Gasteiger partial charge in [-0.2, -0.15) is 0 Å². The summed E-state index contributed by atoms with van der Waals surface area (Å²) in [6, 6.07) is 0. The van der Waals surface area contributed by atoms with Crippen LogP contribution in [-0.4, -0.2) is 39.5 Å². The highest BCUT2D eigenvalue weighted by Gasteiger charge is 2.11. The molecule has 0 radical (unpaired) electrons. The molecule has 0 amide bonds. The van der Waals surface area contributed by atoms with Crippen LogP contribution in [0.5, 0.6) is 0 Å². The minimum atomic E-state index is -0.789. The molecule has 0 fully saturated rings. The Kier molecular flexibility index (Phi) is 4.66. The summed E-state index contributed by atoms with van der Waals surface area (Å²) in [6.45, 7) is -0.935. The molecule has 7 heteroatoms. The molecule has 0 unspecified atom stereocenters. The monoisotopic (exact) mass is 240 g/mol. The third kappa shape index (κ3) is 3.29. The molecule has 4 N–H and O–H groups in total. The van der Waals surface area contributed by atoms with E-state index in [-0.39, 0.29) is 31.1 Å². The molecule has 0 bridgehead atoms. The summed E-state index contributed by atoms with van der Waals surface area (Å²) < 4.78 is 5.06. The van der Waals surface area contributed by atoms with Crippen molar-refractivity contribution in [2.24, 2.45) is 0 Å². The highest BCUT2D eigenvalue weighted by Crippen LogP contribution is 2.01. The van der Waals surface area contributed by atoms with E-state index in [1.54, 1.807) is 0 Å². The first-order chi connectivity index (χ1) is 8.12. The van der Waals surface area contributed by atoms with Crippen LogP contribution in [-0.2, 0) is 11.3 Å². The summed E-state index contributed by atoms with van der Waals surface area (Å²) in [5.41, 5.74) is -1.29. The Morgan fingerprint density at radius 1 is 1.29 bits per heavy atom. The molecule has 0 spiro atoms. The van der Waals surface area contributed by atoms with Crippen molar-refractivity contribution in [3.63, 3.8) is 0 Å². The van der Waals surface area contributed by atoms with Gasteiger partial charge in [0.05, 0.1) is 25.5 Å². The highest BCUT2D eigenvalue weighted by atomic mass is 16.5. The molecule has 0 atom stereocenters. The van der Waals surface area contributed by atoms with Gasteiger partial charge in [-0.15, -0.1) is 6.42 Å². The van der Waals surface area contributed by atoms with Gasteiger partial charge >= 0.3 is 5.69 Å². The zero-order valence-electron chi connectivity index (χ0n) is 8.90. The molecular weight excluding hydrogens is 228 g/mol. The summed E-state index contributed by atoms with van der Waals surface area (Å²) in [4.78, 5) is 26.6. The predicted octanol–water partition coefficient (Wildman–Crippen LogP) is -2.09. The molecule has 1 heterocycles. The third-order valence-electron chi connectivity index (χ3n) is 2.04. The minimum Gasteiger partial charge on any atom is -0.394 e. The van der Waals surface area contributed by atoms with E-state index >= 15 is 0 Å². The van der Waals surface area contributed by atoms with Gasteiger partial charge in [-0.3, -0.25) is 9.78 Å². The van der Waals surface area contributed by atoms with Crippen LogP contribution in [0.15, 0.2) is 9.59 Å². The number of H-pyrrole nitrogens is 2. The fourth-order valence-corrected chi connectivity index (χ4v) is 1.16. The van der Waals surface area contributed by atoms with Crippen molar-refractivity contribution in [1.29, 1.82) is 0 Å². The summed E-state index contributed by atoms with van der Waals surface area (Å²) in [7, 11) is 0. The number of rotatable bonds is 5. The van der Waals surface area contributed by atoms with Gasteiger partial charge in [0.25, 0.3) is 5.56 Å². The summed E-state index contributed by atoms with van der Waals surface area (Å²) in [6.07, 6.45) is 4.34. The maximum absolute atomic E-state index is 11.3. The number of terminal acetylenes is 1. The zero-order valence-corrected chi connectivity index (χ0v) is 8.90. The maximum atomic E-state index is 11.3. The summed E-state index contributed by atoms with van der Waals surface area (Å²) in [5.74, 6) is 2.13. The van der Waals surface area contributed by atoms with Gasteiger partial charge in [0.1, 0.15) is 11.7 Å². The molecule has 0 aliphatic heterocycles. The lowest BCUT2D eigenvalue weighted by Crippen LogP contribution is -2.29. The zero-order chi connectivity index (χ0) is 12.8. The fraction of sp³-hybridized carbons (Fsp3) is 0.400. The van der Waals surface area contributed by atoms with E-state index in [9.17, 15) is 9.59 Å². The predicted molar refractivity (Wildman–Crippen MR) is 58.4 cm³/mol. The average molecular weight is 240 g/mol. The Hall–Kier alpha value is -1.88. The van der Waals surface area contributed by atoms with Crippen molar-refractivity contribution in [3.05, 3.63) is 32.1 Å². The number of aliphatic hydroxyl groups excluding tert-OH is 2. The molecule has 1 aromatic heterocycles.